The highest BCUT2D eigenvalue weighted by molar-refractivity contribution is 7.25. The molecule has 4 heteroatoms. The molecule has 2 aromatic heterocycles. The first-order chi connectivity index (χ1) is 30.7. The number of nitrogens with zero attached hydrogens (tertiary/aromatic N) is 3. The van der Waals surface area contributed by atoms with Gasteiger partial charge in [0.05, 0.1) is 5.41 Å². The molecule has 13 rings (SSSR count). The first-order valence-corrected chi connectivity index (χ1v) is 21.9. The Balaban J connectivity index is 0.980. The van der Waals surface area contributed by atoms with Gasteiger partial charge in [-0.1, -0.05) is 188 Å². The zero-order chi connectivity index (χ0) is 40.8. The molecule has 0 amide bonds. The van der Waals surface area contributed by atoms with Gasteiger partial charge in [0.1, 0.15) is 0 Å². The van der Waals surface area contributed by atoms with Gasteiger partial charge < -0.3 is 0 Å². The van der Waals surface area contributed by atoms with Gasteiger partial charge in [0.2, 0.25) is 0 Å². The van der Waals surface area contributed by atoms with Crippen LogP contribution in [0.1, 0.15) is 22.3 Å². The number of hydrogen-bond donors (Lipinski definition) is 0. The molecule has 0 N–H and O–H groups in total. The molecule has 0 radical (unpaired) electrons. The minimum absolute atomic E-state index is 0.409. The molecule has 0 bridgehead atoms. The van der Waals surface area contributed by atoms with Crippen LogP contribution >= 0.6 is 11.3 Å². The first kappa shape index (κ1) is 35.0. The Bertz CT molecular complexity index is 3540. The molecule has 62 heavy (non-hydrogen) atoms. The summed E-state index contributed by atoms with van der Waals surface area (Å²) in [7, 11) is 0. The van der Waals surface area contributed by atoms with Crippen molar-refractivity contribution in [2.75, 3.05) is 0 Å². The maximum absolute atomic E-state index is 5.32. The summed E-state index contributed by atoms with van der Waals surface area (Å²) in [5, 5.41) is 2.52. The van der Waals surface area contributed by atoms with Crippen LogP contribution < -0.4 is 0 Å². The molecule has 3 nitrogen and oxygen atoms in total. The molecule has 2 heterocycles. The number of rotatable bonds is 5. The molecule has 0 aliphatic heterocycles. The standard InChI is InChI=1S/C58H35N3S/c1-2-16-36(17-3-1)55-59-56(61-57(60-55)46-24-5-4-20-40(46)45-26-15-31-53-54(45)47-25-9-13-30-52(47)62-53)39-19-14-18-37(34-39)38-32-33-44-43-23-8-12-29-50(43)58(51(44)35-38)48-27-10-6-21-41(48)42-22-7-11-28-49(42)58/h1-35H. The van der Waals surface area contributed by atoms with E-state index in [-0.39, 0.29) is 0 Å². The molecule has 2 aliphatic rings. The zero-order valence-corrected chi connectivity index (χ0v) is 34.3. The summed E-state index contributed by atoms with van der Waals surface area (Å²) in [5.41, 5.74) is 17.5. The summed E-state index contributed by atoms with van der Waals surface area (Å²) in [6.07, 6.45) is 0. The molecule has 0 fully saturated rings. The van der Waals surface area contributed by atoms with Gasteiger partial charge in [-0.3, -0.25) is 0 Å². The first-order valence-electron chi connectivity index (χ1n) is 21.1. The second-order valence-electron chi connectivity index (χ2n) is 16.2. The van der Waals surface area contributed by atoms with E-state index < -0.39 is 5.41 Å². The Labute approximate surface area is 363 Å². The Hall–Kier alpha value is -7.79. The molecular weight excluding hydrogens is 771 g/mol. The Morgan fingerprint density at radius 1 is 0.290 bits per heavy atom. The fourth-order valence-electron chi connectivity index (χ4n) is 10.4. The van der Waals surface area contributed by atoms with Crippen molar-refractivity contribution in [3.63, 3.8) is 0 Å². The molecule has 1 spiro atoms. The molecular formula is C58H35N3S. The van der Waals surface area contributed by atoms with E-state index in [9.17, 15) is 0 Å². The van der Waals surface area contributed by atoms with E-state index in [1.54, 1.807) is 0 Å². The van der Waals surface area contributed by atoms with Gasteiger partial charge in [0.25, 0.3) is 0 Å². The van der Waals surface area contributed by atoms with Crippen LogP contribution in [0.4, 0.5) is 0 Å². The van der Waals surface area contributed by atoms with E-state index in [0.29, 0.717) is 17.5 Å². The fourth-order valence-corrected chi connectivity index (χ4v) is 11.5. The normalized spacial score (nSPS) is 13.0. The van der Waals surface area contributed by atoms with E-state index >= 15 is 0 Å². The average molecular weight is 806 g/mol. The third-order valence-corrected chi connectivity index (χ3v) is 14.1. The van der Waals surface area contributed by atoms with Crippen molar-refractivity contribution < 1.29 is 0 Å². The van der Waals surface area contributed by atoms with Crippen molar-refractivity contribution >= 4 is 31.5 Å². The molecule has 9 aromatic carbocycles. The van der Waals surface area contributed by atoms with E-state index in [1.165, 1.54) is 70.2 Å². The lowest BCUT2D eigenvalue weighted by atomic mass is 9.70. The van der Waals surface area contributed by atoms with Gasteiger partial charge >= 0.3 is 0 Å². The average Bonchev–Trinajstić information content (AvgIpc) is 3.98. The number of benzene rings is 9. The topological polar surface area (TPSA) is 38.7 Å². The third-order valence-electron chi connectivity index (χ3n) is 13.0. The molecule has 0 atom stereocenters. The minimum Gasteiger partial charge on any atom is -0.208 e. The summed E-state index contributed by atoms with van der Waals surface area (Å²) in [6, 6.07) is 76.7. The molecule has 2 aliphatic carbocycles. The van der Waals surface area contributed by atoms with Crippen LogP contribution in [-0.4, -0.2) is 15.0 Å². The van der Waals surface area contributed by atoms with Gasteiger partial charge in [-0.25, -0.2) is 15.0 Å². The number of thiophene rings is 1. The van der Waals surface area contributed by atoms with E-state index in [1.807, 2.05) is 29.5 Å². The van der Waals surface area contributed by atoms with Gasteiger partial charge in [0.15, 0.2) is 17.5 Å². The maximum Gasteiger partial charge on any atom is 0.164 e. The summed E-state index contributed by atoms with van der Waals surface area (Å²) in [5.74, 6) is 1.91. The van der Waals surface area contributed by atoms with E-state index in [0.717, 1.165) is 33.4 Å². The third kappa shape index (κ3) is 5.08. The Morgan fingerprint density at radius 2 is 0.774 bits per heavy atom. The lowest BCUT2D eigenvalue weighted by Crippen LogP contribution is -2.25. The predicted octanol–water partition coefficient (Wildman–Crippen LogP) is 14.9. The van der Waals surface area contributed by atoms with Crippen molar-refractivity contribution in [3.05, 3.63) is 235 Å². The highest BCUT2D eigenvalue weighted by Gasteiger charge is 2.51. The van der Waals surface area contributed by atoms with Gasteiger partial charge in [-0.15, -0.1) is 11.3 Å². The second-order valence-corrected chi connectivity index (χ2v) is 17.3. The van der Waals surface area contributed by atoms with Crippen molar-refractivity contribution in [1.82, 2.24) is 15.0 Å². The number of fused-ring (bicyclic) bond motifs is 13. The molecule has 0 saturated carbocycles. The SMILES string of the molecule is c1ccc(-c2nc(-c3cccc(-c4ccc5c(c4)C4(c6ccccc6-c6ccccc64)c4ccccc4-5)c3)nc(-c3ccccc3-c3cccc4sc5ccccc5c34)n2)cc1. The van der Waals surface area contributed by atoms with E-state index in [4.69, 9.17) is 15.0 Å². The lowest BCUT2D eigenvalue weighted by molar-refractivity contribution is 0.794. The minimum atomic E-state index is -0.409. The smallest absolute Gasteiger partial charge is 0.164 e. The van der Waals surface area contributed by atoms with Crippen LogP contribution in [0.2, 0.25) is 0 Å². The van der Waals surface area contributed by atoms with Crippen LogP contribution in [0.25, 0.3) is 98.8 Å². The number of aromatic nitrogens is 3. The molecule has 0 unspecified atom stereocenters. The van der Waals surface area contributed by atoms with Crippen molar-refractivity contribution in [1.29, 1.82) is 0 Å². The highest BCUT2D eigenvalue weighted by Crippen LogP contribution is 2.63. The maximum atomic E-state index is 5.32. The van der Waals surface area contributed by atoms with Crippen LogP contribution in [0, 0.1) is 0 Å². The van der Waals surface area contributed by atoms with Crippen molar-refractivity contribution in [2.45, 2.75) is 5.41 Å². The van der Waals surface area contributed by atoms with Crippen LogP contribution in [0.15, 0.2) is 212 Å². The van der Waals surface area contributed by atoms with Gasteiger partial charge in [-0.2, -0.15) is 0 Å². The quantitative estimate of drug-likeness (QED) is 0.174. The number of hydrogen-bond acceptors (Lipinski definition) is 4. The van der Waals surface area contributed by atoms with Crippen LogP contribution in [0.5, 0.6) is 0 Å². The van der Waals surface area contributed by atoms with Crippen LogP contribution in [-0.2, 0) is 5.41 Å². The molecule has 0 saturated heterocycles. The Morgan fingerprint density at radius 3 is 1.50 bits per heavy atom. The summed E-state index contributed by atoms with van der Waals surface area (Å²) in [4.78, 5) is 15.7. The molecule has 288 valence electrons. The van der Waals surface area contributed by atoms with Crippen molar-refractivity contribution in [2.24, 2.45) is 0 Å². The summed E-state index contributed by atoms with van der Waals surface area (Å²) < 4.78 is 2.54. The van der Waals surface area contributed by atoms with Gasteiger partial charge in [0, 0.05) is 36.9 Å². The monoisotopic (exact) mass is 805 g/mol. The summed E-state index contributed by atoms with van der Waals surface area (Å²) in [6.45, 7) is 0. The van der Waals surface area contributed by atoms with Crippen LogP contribution in [0.3, 0.4) is 0 Å². The predicted molar refractivity (Wildman–Crippen MR) is 256 cm³/mol. The second kappa shape index (κ2) is 13.6. The molecule has 11 aromatic rings. The van der Waals surface area contributed by atoms with Gasteiger partial charge in [-0.05, 0) is 91.0 Å². The zero-order valence-electron chi connectivity index (χ0n) is 33.5. The lowest BCUT2D eigenvalue weighted by Gasteiger charge is -2.30. The van der Waals surface area contributed by atoms with Crippen molar-refractivity contribution in [3.8, 4) is 78.7 Å². The Kier molecular flexibility index (Phi) is 7.69. The highest BCUT2D eigenvalue weighted by atomic mass is 32.1. The largest absolute Gasteiger partial charge is 0.208 e. The van der Waals surface area contributed by atoms with E-state index in [2.05, 4.69) is 194 Å². The fraction of sp³-hybridized carbons (Fsp3) is 0.0172. The summed E-state index contributed by atoms with van der Waals surface area (Å²) >= 11 is 1.83.